The van der Waals surface area contributed by atoms with Crippen molar-refractivity contribution >= 4 is 12.6 Å². The molecule has 1 aromatic carbocycles. The Morgan fingerprint density at radius 1 is 0.714 bits per heavy atom. The van der Waals surface area contributed by atoms with Gasteiger partial charge in [-0.25, -0.2) is 0 Å². The zero-order valence-corrected chi connectivity index (χ0v) is 22.6. The third-order valence-electron chi connectivity index (χ3n) is 7.42. The lowest BCUT2D eigenvalue weighted by Crippen LogP contribution is -2.33. The molecule has 1 aromatic rings. The van der Waals surface area contributed by atoms with E-state index in [1.165, 1.54) is 108 Å². The van der Waals surface area contributed by atoms with Crippen molar-refractivity contribution in [2.24, 2.45) is 0 Å². The van der Waals surface area contributed by atoms with E-state index in [-0.39, 0.29) is 0 Å². The highest BCUT2D eigenvalue weighted by Crippen LogP contribution is 2.19. The van der Waals surface area contributed by atoms with Crippen molar-refractivity contribution in [2.45, 2.75) is 122 Å². The SMILES string of the molecule is CCCCCCCCCCCCCCCCCCN1CC=CC=C1CCc1ccccc1B(O)O. The van der Waals surface area contributed by atoms with E-state index < -0.39 is 7.12 Å². The number of benzene rings is 1. The second-order valence-corrected chi connectivity index (χ2v) is 10.4. The number of hydrogen-bond donors (Lipinski definition) is 2. The number of aryl methyl sites for hydroxylation is 1. The van der Waals surface area contributed by atoms with Gasteiger partial charge in [-0.3, -0.25) is 0 Å². The predicted octanol–water partition coefficient (Wildman–Crippen LogP) is 7.32. The Kier molecular flexibility index (Phi) is 16.7. The summed E-state index contributed by atoms with van der Waals surface area (Å²) in [5, 5.41) is 19.2. The molecule has 35 heavy (non-hydrogen) atoms. The Labute approximate surface area is 216 Å². The van der Waals surface area contributed by atoms with Crippen LogP contribution in [0.1, 0.15) is 122 Å². The summed E-state index contributed by atoms with van der Waals surface area (Å²) < 4.78 is 0. The molecule has 1 aliphatic heterocycles. The fourth-order valence-corrected chi connectivity index (χ4v) is 5.19. The minimum absolute atomic E-state index is 0.629. The molecule has 0 spiro atoms. The van der Waals surface area contributed by atoms with Crippen molar-refractivity contribution in [3.8, 4) is 0 Å². The summed E-state index contributed by atoms with van der Waals surface area (Å²) in [7, 11) is -1.40. The molecule has 0 aromatic heterocycles. The summed E-state index contributed by atoms with van der Waals surface area (Å²) in [6.07, 6.45) is 30.9. The van der Waals surface area contributed by atoms with Gasteiger partial charge in [0.05, 0.1) is 0 Å². The Morgan fingerprint density at radius 3 is 1.83 bits per heavy atom. The lowest BCUT2D eigenvalue weighted by molar-refractivity contribution is 0.348. The van der Waals surface area contributed by atoms with E-state index >= 15 is 0 Å². The van der Waals surface area contributed by atoms with Gasteiger partial charge in [0, 0.05) is 18.8 Å². The molecule has 3 nitrogen and oxygen atoms in total. The quantitative estimate of drug-likeness (QED) is 0.143. The summed E-state index contributed by atoms with van der Waals surface area (Å²) in [6.45, 7) is 4.41. The highest BCUT2D eigenvalue weighted by atomic mass is 16.4. The van der Waals surface area contributed by atoms with Crippen molar-refractivity contribution in [3.63, 3.8) is 0 Å². The molecule has 0 unspecified atom stereocenters. The Morgan fingerprint density at radius 2 is 1.26 bits per heavy atom. The van der Waals surface area contributed by atoms with Crippen molar-refractivity contribution < 1.29 is 10.0 Å². The third-order valence-corrected chi connectivity index (χ3v) is 7.42. The van der Waals surface area contributed by atoms with E-state index in [4.69, 9.17) is 0 Å². The summed E-state index contributed by atoms with van der Waals surface area (Å²) in [4.78, 5) is 2.50. The van der Waals surface area contributed by atoms with E-state index in [0.717, 1.165) is 31.5 Å². The average Bonchev–Trinajstić information content (AvgIpc) is 2.88. The van der Waals surface area contributed by atoms with Crippen LogP contribution in [0.3, 0.4) is 0 Å². The van der Waals surface area contributed by atoms with Crippen molar-refractivity contribution in [3.05, 3.63) is 53.8 Å². The lowest BCUT2D eigenvalue weighted by atomic mass is 9.76. The van der Waals surface area contributed by atoms with E-state index in [1.54, 1.807) is 0 Å². The van der Waals surface area contributed by atoms with Crippen LogP contribution in [0.15, 0.2) is 48.2 Å². The molecule has 196 valence electrons. The molecule has 0 amide bonds. The number of unbranched alkanes of at least 4 members (excludes halogenated alkanes) is 15. The van der Waals surface area contributed by atoms with Crippen LogP contribution in [0.5, 0.6) is 0 Å². The molecule has 2 rings (SSSR count). The highest BCUT2D eigenvalue weighted by molar-refractivity contribution is 6.59. The minimum Gasteiger partial charge on any atom is -0.423 e. The van der Waals surface area contributed by atoms with Gasteiger partial charge in [0.15, 0.2) is 0 Å². The van der Waals surface area contributed by atoms with Crippen molar-refractivity contribution in [1.29, 1.82) is 0 Å². The summed E-state index contributed by atoms with van der Waals surface area (Å²) in [5.74, 6) is 0. The van der Waals surface area contributed by atoms with Gasteiger partial charge in [0.1, 0.15) is 0 Å². The summed E-state index contributed by atoms with van der Waals surface area (Å²) >= 11 is 0. The fraction of sp³-hybridized carbons (Fsp3) is 0.677. The van der Waals surface area contributed by atoms with Crippen LogP contribution in [0, 0.1) is 0 Å². The van der Waals surface area contributed by atoms with Gasteiger partial charge in [-0.1, -0.05) is 140 Å². The molecule has 0 radical (unpaired) electrons. The molecule has 0 fully saturated rings. The van der Waals surface area contributed by atoms with Crippen molar-refractivity contribution in [1.82, 2.24) is 4.90 Å². The van der Waals surface area contributed by atoms with Gasteiger partial charge in [0.25, 0.3) is 0 Å². The van der Waals surface area contributed by atoms with Gasteiger partial charge in [-0.2, -0.15) is 0 Å². The van der Waals surface area contributed by atoms with Crippen LogP contribution in [0.2, 0.25) is 0 Å². The first-order valence-electron chi connectivity index (χ1n) is 14.8. The average molecular weight is 482 g/mol. The first kappa shape index (κ1) is 29.7. The van der Waals surface area contributed by atoms with E-state index in [1.807, 2.05) is 24.3 Å². The molecule has 0 aliphatic carbocycles. The lowest BCUT2D eigenvalue weighted by Gasteiger charge is -2.28. The number of rotatable bonds is 21. The van der Waals surface area contributed by atoms with E-state index in [0.29, 0.717) is 5.46 Å². The maximum absolute atomic E-state index is 9.62. The van der Waals surface area contributed by atoms with Crippen LogP contribution in [-0.4, -0.2) is 35.2 Å². The highest BCUT2D eigenvalue weighted by Gasteiger charge is 2.16. The van der Waals surface area contributed by atoms with Crippen LogP contribution in [0.4, 0.5) is 0 Å². The van der Waals surface area contributed by atoms with Gasteiger partial charge >= 0.3 is 7.12 Å². The van der Waals surface area contributed by atoms with Crippen LogP contribution < -0.4 is 5.46 Å². The first-order chi connectivity index (χ1) is 17.2. The predicted molar refractivity (Wildman–Crippen MR) is 153 cm³/mol. The normalized spacial score (nSPS) is 13.3. The van der Waals surface area contributed by atoms with Crippen LogP contribution in [-0.2, 0) is 6.42 Å². The molecular weight excluding hydrogens is 429 g/mol. The molecule has 2 N–H and O–H groups in total. The summed E-state index contributed by atoms with van der Waals surface area (Å²) in [6, 6.07) is 7.66. The molecular formula is C31H52BNO2. The monoisotopic (exact) mass is 481 g/mol. The molecule has 0 bridgehead atoms. The topological polar surface area (TPSA) is 43.7 Å². The molecule has 4 heteroatoms. The second-order valence-electron chi connectivity index (χ2n) is 10.4. The second kappa shape index (κ2) is 19.6. The molecule has 1 heterocycles. The largest absolute Gasteiger partial charge is 0.488 e. The summed E-state index contributed by atoms with van der Waals surface area (Å²) in [5.41, 5.74) is 3.03. The fourth-order valence-electron chi connectivity index (χ4n) is 5.19. The third kappa shape index (κ3) is 13.4. The smallest absolute Gasteiger partial charge is 0.423 e. The maximum Gasteiger partial charge on any atom is 0.488 e. The number of nitrogens with zero attached hydrogens (tertiary/aromatic N) is 1. The van der Waals surface area contributed by atoms with Crippen LogP contribution in [0.25, 0.3) is 0 Å². The first-order valence-corrected chi connectivity index (χ1v) is 14.8. The maximum atomic E-state index is 9.62. The minimum atomic E-state index is -1.40. The number of hydrogen-bond acceptors (Lipinski definition) is 3. The van der Waals surface area contributed by atoms with Crippen molar-refractivity contribution in [2.75, 3.05) is 13.1 Å². The Hall–Kier alpha value is -1.52. The molecule has 0 atom stereocenters. The van der Waals surface area contributed by atoms with Crippen LogP contribution >= 0.6 is 0 Å². The Balaban J connectivity index is 1.47. The van der Waals surface area contributed by atoms with E-state index in [9.17, 15) is 10.0 Å². The van der Waals surface area contributed by atoms with Gasteiger partial charge in [-0.05, 0) is 36.4 Å². The standard InChI is InChI=1S/C31H52BNO2/c1-2-3-4-5-6-7-8-9-10-11-12-13-14-15-16-20-27-33-28-21-19-23-30(33)26-25-29-22-17-18-24-31(29)32(34)35/h17-19,21-24,34-35H,2-16,20,25-28H2,1H3. The molecule has 1 aliphatic rings. The van der Waals surface area contributed by atoms with Gasteiger partial charge in [0.2, 0.25) is 0 Å². The van der Waals surface area contributed by atoms with Gasteiger partial charge in [-0.15, -0.1) is 0 Å². The zero-order chi connectivity index (χ0) is 25.0. The van der Waals surface area contributed by atoms with Gasteiger partial charge < -0.3 is 14.9 Å². The zero-order valence-electron chi connectivity index (χ0n) is 22.6. The Bertz CT molecular complexity index is 716. The molecule has 0 saturated carbocycles. The number of allylic oxidation sites excluding steroid dienone is 3. The molecule has 0 saturated heterocycles. The van der Waals surface area contributed by atoms with E-state index in [2.05, 4.69) is 30.1 Å².